The highest BCUT2D eigenvalue weighted by Crippen LogP contribution is 2.21. The lowest BCUT2D eigenvalue weighted by molar-refractivity contribution is 0.277. The van der Waals surface area contributed by atoms with E-state index in [2.05, 4.69) is 10.3 Å². The van der Waals surface area contributed by atoms with E-state index in [4.69, 9.17) is 5.11 Å². The number of pyridine rings is 1. The summed E-state index contributed by atoms with van der Waals surface area (Å²) in [6.07, 6.45) is 4.29. The van der Waals surface area contributed by atoms with Gasteiger partial charge in [0.05, 0.1) is 12.3 Å². The Bertz CT molecular complexity index is 265. The van der Waals surface area contributed by atoms with E-state index in [0.717, 1.165) is 12.2 Å². The van der Waals surface area contributed by atoms with Crippen LogP contribution in [-0.4, -0.2) is 16.6 Å². The molecule has 0 spiro atoms. The van der Waals surface area contributed by atoms with Gasteiger partial charge in [-0.25, -0.2) is 0 Å². The van der Waals surface area contributed by atoms with Gasteiger partial charge >= 0.3 is 0 Å². The van der Waals surface area contributed by atoms with Crippen molar-refractivity contribution in [1.29, 1.82) is 0 Å². The quantitative estimate of drug-likeness (QED) is 0.710. The maximum absolute atomic E-state index is 8.82. The zero-order valence-corrected chi connectivity index (χ0v) is 7.53. The summed E-state index contributed by atoms with van der Waals surface area (Å²) in [5.41, 5.74) is 1.97. The van der Waals surface area contributed by atoms with Gasteiger partial charge in [0.1, 0.15) is 0 Å². The fourth-order valence-electron chi connectivity index (χ4n) is 1.70. The number of aromatic nitrogens is 1. The number of aliphatic hydroxyl groups excluding tert-OH is 1. The third kappa shape index (κ3) is 1.87. The van der Waals surface area contributed by atoms with E-state index >= 15 is 0 Å². The van der Waals surface area contributed by atoms with Gasteiger partial charge in [0.25, 0.3) is 0 Å². The molecule has 1 atom stereocenters. The van der Waals surface area contributed by atoms with Crippen LogP contribution in [0.2, 0.25) is 0 Å². The van der Waals surface area contributed by atoms with Crippen LogP contribution in [0, 0.1) is 0 Å². The van der Waals surface area contributed by atoms with Crippen LogP contribution in [0.4, 0.5) is 0 Å². The van der Waals surface area contributed by atoms with Gasteiger partial charge < -0.3 is 10.4 Å². The van der Waals surface area contributed by atoms with E-state index in [1.54, 1.807) is 0 Å². The summed E-state index contributed by atoms with van der Waals surface area (Å²) in [4.78, 5) is 4.15. The average Bonchev–Trinajstić information content (AvgIpc) is 2.71. The molecule has 1 fully saturated rings. The van der Waals surface area contributed by atoms with Crippen LogP contribution in [0.25, 0.3) is 0 Å². The summed E-state index contributed by atoms with van der Waals surface area (Å²) in [6, 6.07) is 4.40. The van der Waals surface area contributed by atoms with Gasteiger partial charge in [-0.2, -0.15) is 0 Å². The Morgan fingerprint density at radius 3 is 3.00 bits per heavy atom. The maximum Gasteiger partial charge on any atom is 0.0852 e. The second-order valence-corrected chi connectivity index (χ2v) is 3.39. The van der Waals surface area contributed by atoms with E-state index in [1.165, 1.54) is 18.4 Å². The summed E-state index contributed by atoms with van der Waals surface area (Å²) in [6.45, 7) is 1.13. The van der Waals surface area contributed by atoms with Crippen LogP contribution < -0.4 is 5.32 Å². The molecule has 1 aromatic rings. The molecule has 0 aromatic carbocycles. The number of nitrogens with one attached hydrogen (secondary N) is 1. The van der Waals surface area contributed by atoms with Gasteiger partial charge in [0.2, 0.25) is 0 Å². The SMILES string of the molecule is OCc1ccc([C@@H]2CCCN2)cn1. The molecule has 1 aromatic heterocycles. The van der Waals surface area contributed by atoms with Crippen LogP contribution in [0.3, 0.4) is 0 Å². The minimum absolute atomic E-state index is 0.0262. The second kappa shape index (κ2) is 3.85. The molecule has 3 nitrogen and oxygen atoms in total. The highest BCUT2D eigenvalue weighted by atomic mass is 16.3. The largest absolute Gasteiger partial charge is 0.390 e. The van der Waals surface area contributed by atoms with Crippen molar-refractivity contribution < 1.29 is 5.11 Å². The van der Waals surface area contributed by atoms with E-state index in [0.29, 0.717) is 6.04 Å². The molecule has 70 valence electrons. The Kier molecular flexibility index (Phi) is 2.57. The second-order valence-electron chi connectivity index (χ2n) is 3.39. The number of nitrogens with zero attached hydrogens (tertiary/aromatic N) is 1. The molecule has 1 saturated heterocycles. The van der Waals surface area contributed by atoms with E-state index in [1.807, 2.05) is 18.3 Å². The van der Waals surface area contributed by atoms with Gasteiger partial charge in [-0.05, 0) is 31.0 Å². The normalized spacial score (nSPS) is 22.1. The Morgan fingerprint density at radius 2 is 2.46 bits per heavy atom. The smallest absolute Gasteiger partial charge is 0.0852 e. The standard InChI is InChI=1S/C10H14N2O/c13-7-9-4-3-8(6-12-9)10-2-1-5-11-10/h3-4,6,10-11,13H,1-2,5,7H2/t10-/m0/s1. The van der Waals surface area contributed by atoms with E-state index in [-0.39, 0.29) is 6.61 Å². The zero-order valence-electron chi connectivity index (χ0n) is 7.53. The minimum atomic E-state index is 0.0262. The summed E-state index contributed by atoms with van der Waals surface area (Å²) >= 11 is 0. The summed E-state index contributed by atoms with van der Waals surface area (Å²) in [7, 11) is 0. The first-order valence-electron chi connectivity index (χ1n) is 4.69. The molecule has 3 heteroatoms. The maximum atomic E-state index is 8.82. The van der Waals surface area contributed by atoms with Gasteiger partial charge in [0, 0.05) is 12.2 Å². The fraction of sp³-hybridized carbons (Fsp3) is 0.500. The number of rotatable bonds is 2. The van der Waals surface area contributed by atoms with Gasteiger partial charge in [-0.15, -0.1) is 0 Å². The number of hydrogen-bond donors (Lipinski definition) is 2. The molecule has 0 aliphatic carbocycles. The summed E-state index contributed by atoms with van der Waals surface area (Å²) in [5.74, 6) is 0. The number of hydrogen-bond acceptors (Lipinski definition) is 3. The molecule has 0 radical (unpaired) electrons. The minimum Gasteiger partial charge on any atom is -0.390 e. The Balaban J connectivity index is 2.12. The van der Waals surface area contributed by atoms with Gasteiger partial charge in [-0.1, -0.05) is 6.07 Å². The molecule has 2 rings (SSSR count). The molecule has 2 N–H and O–H groups in total. The first-order valence-corrected chi connectivity index (χ1v) is 4.69. The predicted octanol–water partition coefficient (Wildman–Crippen LogP) is 0.998. The molecule has 1 aliphatic heterocycles. The van der Waals surface area contributed by atoms with Gasteiger partial charge in [0.15, 0.2) is 0 Å². The highest BCUT2D eigenvalue weighted by molar-refractivity contribution is 5.18. The van der Waals surface area contributed by atoms with E-state index < -0.39 is 0 Å². The fourth-order valence-corrected chi connectivity index (χ4v) is 1.70. The lowest BCUT2D eigenvalue weighted by atomic mass is 10.1. The van der Waals surface area contributed by atoms with Crippen molar-refractivity contribution in [3.63, 3.8) is 0 Å². The van der Waals surface area contributed by atoms with Crippen LogP contribution in [0.1, 0.15) is 30.1 Å². The van der Waals surface area contributed by atoms with Crippen molar-refractivity contribution >= 4 is 0 Å². The topological polar surface area (TPSA) is 45.1 Å². The molecule has 0 bridgehead atoms. The van der Waals surface area contributed by atoms with Crippen molar-refractivity contribution in [2.45, 2.75) is 25.5 Å². The molecule has 0 unspecified atom stereocenters. The molecule has 13 heavy (non-hydrogen) atoms. The van der Waals surface area contributed by atoms with E-state index in [9.17, 15) is 0 Å². The van der Waals surface area contributed by atoms with Crippen molar-refractivity contribution in [3.8, 4) is 0 Å². The average molecular weight is 178 g/mol. The molecule has 0 amide bonds. The monoisotopic (exact) mass is 178 g/mol. The lowest BCUT2D eigenvalue weighted by Gasteiger charge is -2.09. The van der Waals surface area contributed by atoms with Crippen LogP contribution in [0.15, 0.2) is 18.3 Å². The van der Waals surface area contributed by atoms with Crippen LogP contribution in [0.5, 0.6) is 0 Å². The molecule has 2 heterocycles. The predicted molar refractivity (Wildman–Crippen MR) is 50.1 cm³/mol. The Morgan fingerprint density at radius 1 is 1.54 bits per heavy atom. The van der Waals surface area contributed by atoms with Crippen molar-refractivity contribution in [2.24, 2.45) is 0 Å². The number of aliphatic hydroxyl groups is 1. The van der Waals surface area contributed by atoms with Gasteiger partial charge in [-0.3, -0.25) is 4.98 Å². The van der Waals surface area contributed by atoms with Crippen molar-refractivity contribution in [3.05, 3.63) is 29.6 Å². The van der Waals surface area contributed by atoms with Crippen LogP contribution >= 0.6 is 0 Å². The summed E-state index contributed by atoms with van der Waals surface area (Å²) < 4.78 is 0. The Labute approximate surface area is 77.8 Å². The van der Waals surface area contributed by atoms with Crippen molar-refractivity contribution in [1.82, 2.24) is 10.3 Å². The molecular formula is C10H14N2O. The highest BCUT2D eigenvalue weighted by Gasteiger charge is 2.15. The first kappa shape index (κ1) is 8.66. The van der Waals surface area contributed by atoms with Crippen molar-refractivity contribution in [2.75, 3.05) is 6.54 Å². The first-order chi connectivity index (χ1) is 6.40. The van der Waals surface area contributed by atoms with Crippen LogP contribution in [-0.2, 0) is 6.61 Å². The molecular weight excluding hydrogens is 164 g/mol. The lowest BCUT2D eigenvalue weighted by Crippen LogP contribution is -2.13. The molecule has 0 saturated carbocycles. The Hall–Kier alpha value is -0.930. The third-order valence-electron chi connectivity index (χ3n) is 2.47. The summed E-state index contributed by atoms with van der Waals surface area (Å²) in [5, 5.41) is 12.2. The molecule has 1 aliphatic rings. The third-order valence-corrected chi connectivity index (χ3v) is 2.47. The zero-order chi connectivity index (χ0) is 9.10.